The molecule has 1 rings (SSSR count). The SMILES string of the molecule is Cc1c(Cl)ccc(C(=O)Cl)c1Br. The topological polar surface area (TPSA) is 17.1 Å². The molecule has 4 heteroatoms. The first kappa shape index (κ1) is 10.0. The monoisotopic (exact) mass is 266 g/mol. The van der Waals surface area contributed by atoms with Gasteiger partial charge < -0.3 is 0 Å². The third-order valence-electron chi connectivity index (χ3n) is 1.53. The van der Waals surface area contributed by atoms with E-state index in [-0.39, 0.29) is 0 Å². The lowest BCUT2D eigenvalue weighted by molar-refractivity contribution is 0.108. The fourth-order valence-electron chi connectivity index (χ4n) is 0.813. The number of hydrogen-bond donors (Lipinski definition) is 0. The molecule has 0 spiro atoms. The van der Waals surface area contributed by atoms with Crippen molar-refractivity contribution in [1.29, 1.82) is 0 Å². The summed E-state index contributed by atoms with van der Waals surface area (Å²) in [7, 11) is 0. The van der Waals surface area contributed by atoms with Crippen LogP contribution in [0.5, 0.6) is 0 Å². The normalized spacial score (nSPS) is 10.0. The van der Waals surface area contributed by atoms with Gasteiger partial charge in [0.05, 0.1) is 0 Å². The lowest BCUT2D eigenvalue weighted by Crippen LogP contribution is -1.92. The zero-order chi connectivity index (χ0) is 9.30. The van der Waals surface area contributed by atoms with Crippen molar-refractivity contribution in [2.75, 3.05) is 0 Å². The summed E-state index contributed by atoms with van der Waals surface area (Å²) in [4.78, 5) is 10.8. The predicted octanol–water partition coefficient (Wildman–Crippen LogP) is 3.79. The van der Waals surface area contributed by atoms with Crippen LogP contribution in [-0.4, -0.2) is 5.24 Å². The molecule has 1 nitrogen and oxygen atoms in total. The van der Waals surface area contributed by atoms with E-state index >= 15 is 0 Å². The average molecular weight is 268 g/mol. The van der Waals surface area contributed by atoms with Crippen LogP contribution >= 0.6 is 39.1 Å². The van der Waals surface area contributed by atoms with Gasteiger partial charge in [-0.25, -0.2) is 0 Å². The van der Waals surface area contributed by atoms with Crippen molar-refractivity contribution in [2.45, 2.75) is 6.92 Å². The molecule has 0 aliphatic heterocycles. The van der Waals surface area contributed by atoms with Crippen LogP contribution in [0.3, 0.4) is 0 Å². The maximum Gasteiger partial charge on any atom is 0.253 e. The first-order valence-electron chi connectivity index (χ1n) is 3.18. The van der Waals surface area contributed by atoms with Crippen LogP contribution in [0, 0.1) is 6.92 Å². The summed E-state index contributed by atoms with van der Waals surface area (Å²) in [6.45, 7) is 1.82. The van der Waals surface area contributed by atoms with Gasteiger partial charge in [0.1, 0.15) is 0 Å². The molecule has 0 aliphatic rings. The molecule has 0 unspecified atom stereocenters. The summed E-state index contributed by atoms with van der Waals surface area (Å²) in [5.41, 5.74) is 1.27. The number of benzene rings is 1. The lowest BCUT2D eigenvalue weighted by Gasteiger charge is -2.03. The summed E-state index contributed by atoms with van der Waals surface area (Å²) >= 11 is 14.4. The standard InChI is InChI=1S/C8H5BrCl2O/c1-4-6(10)3-2-5(7(4)9)8(11)12/h2-3H,1H3. The zero-order valence-corrected chi connectivity index (χ0v) is 9.29. The van der Waals surface area contributed by atoms with Crippen LogP contribution in [0.15, 0.2) is 16.6 Å². The molecule has 0 radical (unpaired) electrons. The highest BCUT2D eigenvalue weighted by molar-refractivity contribution is 9.10. The second kappa shape index (κ2) is 3.77. The molecule has 1 aromatic carbocycles. The predicted molar refractivity (Wildman–Crippen MR) is 54.1 cm³/mol. The van der Waals surface area contributed by atoms with Gasteiger partial charge in [-0.05, 0) is 52.2 Å². The Bertz CT molecular complexity index is 336. The van der Waals surface area contributed by atoms with Crippen LogP contribution in [0.25, 0.3) is 0 Å². The lowest BCUT2D eigenvalue weighted by atomic mass is 10.1. The van der Waals surface area contributed by atoms with Gasteiger partial charge in [0.25, 0.3) is 5.24 Å². The second-order valence-corrected chi connectivity index (χ2v) is 3.85. The fraction of sp³-hybridized carbons (Fsp3) is 0.125. The van der Waals surface area contributed by atoms with E-state index in [9.17, 15) is 4.79 Å². The van der Waals surface area contributed by atoms with Crippen molar-refractivity contribution in [1.82, 2.24) is 0 Å². The van der Waals surface area contributed by atoms with Gasteiger partial charge in [0.2, 0.25) is 0 Å². The van der Waals surface area contributed by atoms with Crippen molar-refractivity contribution < 1.29 is 4.79 Å². The molecular formula is C8H5BrCl2O. The molecular weight excluding hydrogens is 263 g/mol. The smallest absolute Gasteiger partial charge is 0.253 e. The number of carbonyl (C=O) groups is 1. The molecule has 0 aliphatic carbocycles. The second-order valence-electron chi connectivity index (χ2n) is 2.31. The summed E-state index contributed by atoms with van der Waals surface area (Å²) < 4.78 is 0.662. The number of hydrogen-bond acceptors (Lipinski definition) is 1. The van der Waals surface area contributed by atoms with Crippen LogP contribution in [-0.2, 0) is 0 Å². The van der Waals surface area contributed by atoms with Gasteiger partial charge in [-0.3, -0.25) is 4.79 Å². The van der Waals surface area contributed by atoms with Crippen molar-refractivity contribution in [2.24, 2.45) is 0 Å². The molecule has 0 atom stereocenters. The molecule has 0 saturated carbocycles. The maximum atomic E-state index is 10.8. The Hall–Kier alpha value is -0.0500. The van der Waals surface area contributed by atoms with Crippen LogP contribution < -0.4 is 0 Å². The Morgan fingerprint density at radius 3 is 2.58 bits per heavy atom. The van der Waals surface area contributed by atoms with Crippen molar-refractivity contribution in [3.63, 3.8) is 0 Å². The Labute approximate surface area is 88.8 Å². The van der Waals surface area contributed by atoms with E-state index in [2.05, 4.69) is 15.9 Å². The van der Waals surface area contributed by atoms with Gasteiger partial charge in [-0.15, -0.1) is 0 Å². The van der Waals surface area contributed by atoms with E-state index in [1.807, 2.05) is 6.92 Å². The molecule has 0 heterocycles. The number of carbonyl (C=O) groups excluding carboxylic acids is 1. The highest BCUT2D eigenvalue weighted by Gasteiger charge is 2.10. The highest BCUT2D eigenvalue weighted by atomic mass is 79.9. The van der Waals surface area contributed by atoms with Crippen molar-refractivity contribution in [3.8, 4) is 0 Å². The van der Waals surface area contributed by atoms with Crippen molar-refractivity contribution >= 4 is 44.4 Å². The van der Waals surface area contributed by atoms with Gasteiger partial charge in [0.15, 0.2) is 0 Å². The quantitative estimate of drug-likeness (QED) is 0.708. The molecule has 0 saturated heterocycles. The van der Waals surface area contributed by atoms with E-state index in [1.54, 1.807) is 12.1 Å². The van der Waals surface area contributed by atoms with E-state index in [0.717, 1.165) is 5.56 Å². The Morgan fingerprint density at radius 2 is 2.08 bits per heavy atom. The Morgan fingerprint density at radius 1 is 1.50 bits per heavy atom. The molecule has 0 N–H and O–H groups in total. The highest BCUT2D eigenvalue weighted by Crippen LogP contribution is 2.28. The third-order valence-corrected chi connectivity index (χ3v) is 3.17. The molecule has 0 fully saturated rings. The van der Waals surface area contributed by atoms with Crippen molar-refractivity contribution in [3.05, 3.63) is 32.8 Å². The van der Waals surface area contributed by atoms with Gasteiger partial charge in [-0.2, -0.15) is 0 Å². The third kappa shape index (κ3) is 1.82. The van der Waals surface area contributed by atoms with Gasteiger partial charge in [-0.1, -0.05) is 11.6 Å². The van der Waals surface area contributed by atoms with E-state index in [0.29, 0.717) is 15.1 Å². The molecule has 12 heavy (non-hydrogen) atoms. The maximum absolute atomic E-state index is 10.8. The van der Waals surface area contributed by atoms with Crippen LogP contribution in [0.1, 0.15) is 15.9 Å². The molecule has 0 bridgehead atoms. The first-order chi connectivity index (χ1) is 5.54. The Kier molecular flexibility index (Phi) is 3.16. The van der Waals surface area contributed by atoms with Gasteiger partial charge >= 0.3 is 0 Å². The summed E-state index contributed by atoms with van der Waals surface area (Å²) in [5.74, 6) is 0. The molecule has 0 aromatic heterocycles. The summed E-state index contributed by atoms with van der Waals surface area (Å²) in [5, 5.41) is 0.130. The van der Waals surface area contributed by atoms with Gasteiger partial charge in [0, 0.05) is 15.1 Å². The first-order valence-corrected chi connectivity index (χ1v) is 4.73. The molecule has 64 valence electrons. The zero-order valence-electron chi connectivity index (χ0n) is 6.20. The average Bonchev–Trinajstić information content (AvgIpc) is 2.00. The fourth-order valence-corrected chi connectivity index (χ4v) is 1.88. The number of halogens is 3. The van der Waals surface area contributed by atoms with E-state index in [1.165, 1.54) is 0 Å². The largest absolute Gasteiger partial charge is 0.276 e. The van der Waals surface area contributed by atoms with E-state index < -0.39 is 5.24 Å². The van der Waals surface area contributed by atoms with E-state index in [4.69, 9.17) is 23.2 Å². The minimum atomic E-state index is -0.485. The summed E-state index contributed by atoms with van der Waals surface area (Å²) in [6, 6.07) is 3.24. The minimum Gasteiger partial charge on any atom is -0.276 e. The summed E-state index contributed by atoms with van der Waals surface area (Å²) in [6.07, 6.45) is 0. The number of rotatable bonds is 1. The van der Waals surface area contributed by atoms with Crippen LogP contribution in [0.4, 0.5) is 0 Å². The van der Waals surface area contributed by atoms with Crippen LogP contribution in [0.2, 0.25) is 5.02 Å². The molecule has 1 aromatic rings. The molecule has 0 amide bonds. The minimum absolute atomic E-state index is 0.443. The Balaban J connectivity index is 3.36.